The van der Waals surface area contributed by atoms with E-state index in [1.54, 1.807) is 6.07 Å². The van der Waals surface area contributed by atoms with Gasteiger partial charge in [-0.3, -0.25) is 0 Å². The summed E-state index contributed by atoms with van der Waals surface area (Å²) in [6.07, 6.45) is 1.09. The Labute approximate surface area is 130 Å². The van der Waals surface area contributed by atoms with Crippen LogP contribution in [0.15, 0.2) is 48.5 Å². The number of fused-ring (bicyclic) bond motifs is 1. The third-order valence-corrected chi connectivity index (χ3v) is 3.89. The van der Waals surface area contributed by atoms with Gasteiger partial charge in [-0.25, -0.2) is 4.79 Å². The third-order valence-electron chi connectivity index (χ3n) is 3.89. The lowest BCUT2D eigenvalue weighted by Crippen LogP contribution is -2.23. The van der Waals surface area contributed by atoms with Gasteiger partial charge in [0.15, 0.2) is 0 Å². The van der Waals surface area contributed by atoms with Crippen LogP contribution in [0.3, 0.4) is 0 Å². The van der Waals surface area contributed by atoms with Gasteiger partial charge in [0.1, 0.15) is 0 Å². The van der Waals surface area contributed by atoms with Gasteiger partial charge >= 0.3 is 5.97 Å². The number of methoxy groups -OCH3 is 1. The molecule has 0 saturated heterocycles. The number of rotatable bonds is 3. The monoisotopic (exact) mass is 296 g/mol. The highest BCUT2D eigenvalue weighted by Gasteiger charge is 2.15. The van der Waals surface area contributed by atoms with Crippen molar-refractivity contribution in [1.29, 1.82) is 0 Å². The van der Waals surface area contributed by atoms with Crippen LogP contribution >= 0.6 is 0 Å². The zero-order valence-electron chi connectivity index (χ0n) is 12.7. The van der Waals surface area contributed by atoms with Crippen molar-refractivity contribution >= 4 is 17.3 Å². The second-order valence-electron chi connectivity index (χ2n) is 5.41. The first-order chi connectivity index (χ1) is 10.8. The molecule has 0 saturated carbocycles. The molecule has 1 heterocycles. The predicted octanol–water partition coefficient (Wildman–Crippen LogP) is 3.30. The standard InChI is InChI=1S/C18H20N2O2/c1-22-18(21)15-7-4-6-14(12-15)13-20-11-5-10-19-16-8-2-3-9-17(16)20/h2-4,6-9,12,19H,5,10-11,13H2,1H3. The van der Waals surface area contributed by atoms with Crippen LogP contribution in [0.1, 0.15) is 22.3 Å². The number of hydrogen-bond acceptors (Lipinski definition) is 4. The summed E-state index contributed by atoms with van der Waals surface area (Å²) in [5.41, 5.74) is 4.09. The summed E-state index contributed by atoms with van der Waals surface area (Å²) in [5, 5.41) is 3.46. The SMILES string of the molecule is COC(=O)c1cccc(CN2CCCNc3ccccc32)c1. The molecule has 4 nitrogen and oxygen atoms in total. The molecule has 1 aliphatic rings. The molecule has 114 valence electrons. The van der Waals surface area contributed by atoms with Crippen molar-refractivity contribution in [2.45, 2.75) is 13.0 Å². The van der Waals surface area contributed by atoms with E-state index in [4.69, 9.17) is 4.74 Å². The molecule has 0 radical (unpaired) electrons. The molecule has 0 bridgehead atoms. The maximum Gasteiger partial charge on any atom is 0.337 e. The quantitative estimate of drug-likeness (QED) is 0.883. The van der Waals surface area contributed by atoms with E-state index in [1.165, 1.54) is 18.5 Å². The fourth-order valence-electron chi connectivity index (χ4n) is 2.81. The van der Waals surface area contributed by atoms with Gasteiger partial charge in [-0.1, -0.05) is 24.3 Å². The summed E-state index contributed by atoms with van der Waals surface area (Å²) < 4.78 is 4.79. The van der Waals surface area contributed by atoms with Crippen molar-refractivity contribution in [3.8, 4) is 0 Å². The number of hydrogen-bond donors (Lipinski definition) is 1. The van der Waals surface area contributed by atoms with Crippen molar-refractivity contribution in [1.82, 2.24) is 0 Å². The Bertz CT molecular complexity index is 670. The molecule has 4 heteroatoms. The van der Waals surface area contributed by atoms with Gasteiger partial charge in [0, 0.05) is 19.6 Å². The minimum atomic E-state index is -0.292. The molecule has 22 heavy (non-hydrogen) atoms. The fourth-order valence-corrected chi connectivity index (χ4v) is 2.81. The average molecular weight is 296 g/mol. The van der Waals surface area contributed by atoms with Crippen molar-refractivity contribution in [3.63, 3.8) is 0 Å². The van der Waals surface area contributed by atoms with E-state index in [0.29, 0.717) is 5.56 Å². The van der Waals surface area contributed by atoms with Crippen molar-refractivity contribution in [2.75, 3.05) is 30.4 Å². The van der Waals surface area contributed by atoms with Crippen LogP contribution in [-0.2, 0) is 11.3 Å². The Hall–Kier alpha value is -2.49. The molecule has 0 unspecified atom stereocenters. The molecular weight excluding hydrogens is 276 g/mol. The van der Waals surface area contributed by atoms with E-state index in [9.17, 15) is 4.79 Å². The first kappa shape index (κ1) is 14.4. The molecule has 1 aliphatic heterocycles. The Morgan fingerprint density at radius 3 is 2.95 bits per heavy atom. The van der Waals surface area contributed by atoms with Gasteiger partial charge in [-0.15, -0.1) is 0 Å². The third kappa shape index (κ3) is 3.06. The van der Waals surface area contributed by atoms with E-state index in [1.807, 2.05) is 24.3 Å². The predicted molar refractivity (Wildman–Crippen MR) is 88.4 cm³/mol. The minimum absolute atomic E-state index is 0.292. The lowest BCUT2D eigenvalue weighted by molar-refractivity contribution is 0.0600. The Morgan fingerprint density at radius 1 is 1.23 bits per heavy atom. The van der Waals surface area contributed by atoms with E-state index >= 15 is 0 Å². The molecule has 3 rings (SSSR count). The van der Waals surface area contributed by atoms with Crippen molar-refractivity contribution < 1.29 is 9.53 Å². The number of anilines is 2. The smallest absolute Gasteiger partial charge is 0.337 e. The lowest BCUT2D eigenvalue weighted by atomic mass is 10.1. The number of ether oxygens (including phenoxy) is 1. The molecule has 0 aliphatic carbocycles. The minimum Gasteiger partial charge on any atom is -0.465 e. The first-order valence-electron chi connectivity index (χ1n) is 7.53. The summed E-state index contributed by atoms with van der Waals surface area (Å²) in [5.74, 6) is -0.292. The number of nitrogens with one attached hydrogen (secondary N) is 1. The summed E-state index contributed by atoms with van der Waals surface area (Å²) in [7, 11) is 1.41. The van der Waals surface area contributed by atoms with Gasteiger partial charge < -0.3 is 15.0 Å². The molecule has 1 N–H and O–H groups in total. The Balaban J connectivity index is 1.85. The van der Waals surface area contributed by atoms with E-state index < -0.39 is 0 Å². The van der Waals surface area contributed by atoms with Crippen LogP contribution in [0.4, 0.5) is 11.4 Å². The summed E-state index contributed by atoms with van der Waals surface area (Å²) in [6, 6.07) is 16.0. The van der Waals surface area contributed by atoms with Crippen LogP contribution in [0.2, 0.25) is 0 Å². The van der Waals surface area contributed by atoms with E-state index in [0.717, 1.165) is 31.6 Å². The molecule has 0 amide bonds. The van der Waals surface area contributed by atoms with Crippen LogP contribution in [-0.4, -0.2) is 26.2 Å². The van der Waals surface area contributed by atoms with Crippen LogP contribution in [0, 0.1) is 0 Å². The zero-order valence-corrected chi connectivity index (χ0v) is 12.7. The van der Waals surface area contributed by atoms with Gasteiger partial charge in [0.2, 0.25) is 0 Å². The average Bonchev–Trinajstić information content (AvgIpc) is 2.77. The lowest BCUT2D eigenvalue weighted by Gasteiger charge is -2.24. The second-order valence-corrected chi connectivity index (χ2v) is 5.41. The topological polar surface area (TPSA) is 41.6 Å². The van der Waals surface area contributed by atoms with Gasteiger partial charge in [0.25, 0.3) is 0 Å². The Morgan fingerprint density at radius 2 is 2.09 bits per heavy atom. The largest absolute Gasteiger partial charge is 0.465 e. The highest BCUT2D eigenvalue weighted by molar-refractivity contribution is 5.89. The highest BCUT2D eigenvalue weighted by atomic mass is 16.5. The number of carbonyl (C=O) groups excluding carboxylic acids is 1. The number of benzene rings is 2. The van der Waals surface area contributed by atoms with Crippen LogP contribution in [0.25, 0.3) is 0 Å². The fraction of sp³-hybridized carbons (Fsp3) is 0.278. The normalized spacial score (nSPS) is 13.8. The number of carbonyl (C=O) groups is 1. The summed E-state index contributed by atoms with van der Waals surface area (Å²) in [4.78, 5) is 14.0. The number of nitrogens with zero attached hydrogens (tertiary/aromatic N) is 1. The van der Waals surface area contributed by atoms with Crippen molar-refractivity contribution in [2.24, 2.45) is 0 Å². The maximum atomic E-state index is 11.7. The molecule has 2 aromatic rings. The zero-order chi connectivity index (χ0) is 15.4. The molecule has 0 spiro atoms. The van der Waals surface area contributed by atoms with Crippen LogP contribution < -0.4 is 10.2 Å². The molecular formula is C18H20N2O2. The molecule has 2 aromatic carbocycles. The summed E-state index contributed by atoms with van der Waals surface area (Å²) in [6.45, 7) is 2.76. The maximum absolute atomic E-state index is 11.7. The summed E-state index contributed by atoms with van der Waals surface area (Å²) >= 11 is 0. The highest BCUT2D eigenvalue weighted by Crippen LogP contribution is 2.29. The van der Waals surface area contributed by atoms with Gasteiger partial charge in [-0.05, 0) is 36.2 Å². The second kappa shape index (κ2) is 6.52. The first-order valence-corrected chi connectivity index (χ1v) is 7.53. The van der Waals surface area contributed by atoms with E-state index in [2.05, 4.69) is 28.4 Å². The van der Waals surface area contributed by atoms with Gasteiger partial charge in [0.05, 0.1) is 24.0 Å². The van der Waals surface area contributed by atoms with E-state index in [-0.39, 0.29) is 5.97 Å². The van der Waals surface area contributed by atoms with Crippen LogP contribution in [0.5, 0.6) is 0 Å². The molecule has 0 atom stereocenters. The van der Waals surface area contributed by atoms with Crippen molar-refractivity contribution in [3.05, 3.63) is 59.7 Å². The molecule has 0 fully saturated rings. The number of para-hydroxylation sites is 2. The van der Waals surface area contributed by atoms with Gasteiger partial charge in [-0.2, -0.15) is 0 Å². The molecule has 0 aromatic heterocycles. The number of esters is 1. The Kier molecular flexibility index (Phi) is 4.28.